The Balaban J connectivity index is 0.000000344. The lowest BCUT2D eigenvalue weighted by Crippen LogP contribution is -1.87. The molecule has 0 saturated carbocycles. The topological polar surface area (TPSA) is 212 Å². The monoisotopic (exact) mass is 841 g/mol. The first kappa shape index (κ1) is 51.6. The van der Waals surface area contributed by atoms with Crippen LogP contribution in [-0.4, -0.2) is 107 Å². The average molecular weight is 841 g/mol. The van der Waals surface area contributed by atoms with Gasteiger partial charge in [0.05, 0.1) is 36.7 Å². The normalized spacial score (nSPS) is 9.31. The van der Waals surface area contributed by atoms with Gasteiger partial charge in [0.1, 0.15) is 55.4 Å². The fourth-order valence-corrected chi connectivity index (χ4v) is 3.65. The number of imidazole rings is 5. The maximum atomic E-state index is 4.08. The number of aryl methyl sites for hydroxylation is 15. The van der Waals surface area contributed by atoms with Gasteiger partial charge in [0, 0.05) is 112 Å². The summed E-state index contributed by atoms with van der Waals surface area (Å²) in [6.07, 6.45) is 28.1. The summed E-state index contributed by atoms with van der Waals surface area (Å²) >= 11 is 0. The molecule has 0 radical (unpaired) electrons. The third kappa shape index (κ3) is 24.2. The second kappa shape index (κ2) is 28.9. The molecule has 9 aromatic heterocycles. The van der Waals surface area contributed by atoms with Crippen molar-refractivity contribution in [1.29, 1.82) is 0 Å². The van der Waals surface area contributed by atoms with Crippen molar-refractivity contribution in [3.8, 4) is 0 Å². The van der Waals surface area contributed by atoms with Gasteiger partial charge >= 0.3 is 0 Å². The third-order valence-electron chi connectivity index (χ3n) is 7.79. The highest BCUT2D eigenvalue weighted by molar-refractivity contribution is 5.07. The molecule has 0 fully saturated rings. The van der Waals surface area contributed by atoms with Gasteiger partial charge in [-0.3, -0.25) is 9.36 Å². The van der Waals surface area contributed by atoms with Crippen LogP contribution < -0.4 is 0 Å². The van der Waals surface area contributed by atoms with Gasteiger partial charge in [-0.05, 0) is 48.5 Å². The minimum Gasteiger partial charge on any atom is -0.341 e. The van der Waals surface area contributed by atoms with Crippen LogP contribution in [0.2, 0.25) is 0 Å². The molecule has 22 nitrogen and oxygen atoms in total. The summed E-state index contributed by atoms with van der Waals surface area (Å²) in [5.74, 6) is 2.82. The van der Waals surface area contributed by atoms with Crippen LogP contribution in [0.1, 0.15) is 40.2 Å². The van der Waals surface area contributed by atoms with Crippen LogP contribution in [0, 0.1) is 48.5 Å². The zero-order valence-electron chi connectivity index (χ0n) is 38.6. The number of nitrogens with zero attached hydrogens (tertiary/aromatic N) is 22. The van der Waals surface area contributed by atoms with Crippen LogP contribution in [0.15, 0.2) is 100 Å². The summed E-state index contributed by atoms with van der Waals surface area (Å²) in [5, 5.41) is 22.1. The van der Waals surface area contributed by atoms with Crippen molar-refractivity contribution in [1.82, 2.24) is 107 Å². The molecule has 0 bridgehead atoms. The average Bonchev–Trinajstić information content (AvgIpc) is 4.08. The van der Waals surface area contributed by atoms with E-state index in [1.165, 1.54) is 17.7 Å². The van der Waals surface area contributed by atoms with Crippen molar-refractivity contribution >= 4 is 0 Å². The Kier molecular flexibility index (Phi) is 24.5. The highest BCUT2D eigenvalue weighted by Gasteiger charge is 1.94. The quantitative estimate of drug-likeness (QED) is 0.214. The van der Waals surface area contributed by atoms with Crippen molar-refractivity contribution in [2.75, 3.05) is 0 Å². The SMILES string of the molecule is Cc1cn(C)cn1.Cc1cncn1C.Cc1nccn1C.Cc1ncn(C)c1C.Cc1ncn(C)n1.Cc1nncn1C.Cn1ccnc1.Cn1cncn1.Cn1cnnc1. The van der Waals surface area contributed by atoms with E-state index in [2.05, 4.69) is 72.4 Å². The fourth-order valence-electron chi connectivity index (χ4n) is 3.65. The van der Waals surface area contributed by atoms with Crippen molar-refractivity contribution in [2.24, 2.45) is 63.4 Å². The van der Waals surface area contributed by atoms with Gasteiger partial charge < -0.3 is 32.0 Å². The van der Waals surface area contributed by atoms with Gasteiger partial charge in [-0.25, -0.2) is 34.9 Å². The Morgan fingerprint density at radius 3 is 1.31 bits per heavy atom. The van der Waals surface area contributed by atoms with Gasteiger partial charge in [0.15, 0.2) is 0 Å². The maximum absolute atomic E-state index is 4.08. The second-order valence-corrected chi connectivity index (χ2v) is 13.3. The van der Waals surface area contributed by atoms with Gasteiger partial charge in [-0.15, -0.1) is 20.4 Å². The van der Waals surface area contributed by atoms with E-state index < -0.39 is 0 Å². The lowest BCUT2D eigenvalue weighted by atomic mass is 10.4. The minimum absolute atomic E-state index is 0.822. The van der Waals surface area contributed by atoms with E-state index in [1.54, 1.807) is 76.9 Å². The van der Waals surface area contributed by atoms with Crippen LogP contribution >= 0.6 is 0 Å². The van der Waals surface area contributed by atoms with Crippen molar-refractivity contribution < 1.29 is 0 Å². The second-order valence-electron chi connectivity index (χ2n) is 13.3. The molecule has 9 rings (SSSR count). The van der Waals surface area contributed by atoms with Crippen molar-refractivity contribution in [3.05, 3.63) is 141 Å². The highest BCUT2D eigenvalue weighted by atomic mass is 15.3. The zero-order chi connectivity index (χ0) is 45.7. The van der Waals surface area contributed by atoms with E-state index in [1.807, 2.05) is 163 Å². The number of aromatic nitrogens is 22. The summed E-state index contributed by atoms with van der Waals surface area (Å²) < 4.78 is 16.7. The molecule has 0 unspecified atom stereocenters. The Bertz CT molecular complexity index is 2040. The molecule has 0 N–H and O–H groups in total. The van der Waals surface area contributed by atoms with Gasteiger partial charge in [0.25, 0.3) is 0 Å². The van der Waals surface area contributed by atoms with Gasteiger partial charge in [-0.2, -0.15) is 10.2 Å². The predicted molar refractivity (Wildman–Crippen MR) is 233 cm³/mol. The molecule has 0 spiro atoms. The summed E-state index contributed by atoms with van der Waals surface area (Å²) in [6.45, 7) is 13.8. The van der Waals surface area contributed by atoms with E-state index in [4.69, 9.17) is 0 Å². The molecule has 0 saturated heterocycles. The van der Waals surface area contributed by atoms with Gasteiger partial charge in [0.2, 0.25) is 0 Å². The Morgan fingerprint density at radius 2 is 1.16 bits per heavy atom. The molecule has 0 atom stereocenters. The van der Waals surface area contributed by atoms with Crippen LogP contribution in [0.3, 0.4) is 0 Å². The predicted octanol–water partition coefficient (Wildman–Crippen LogP) is 3.52. The van der Waals surface area contributed by atoms with Crippen molar-refractivity contribution in [2.45, 2.75) is 48.5 Å². The first-order valence-corrected chi connectivity index (χ1v) is 18.8. The molecule has 330 valence electrons. The Hall–Kier alpha value is -7.39. The molecule has 9 aromatic rings. The van der Waals surface area contributed by atoms with Crippen molar-refractivity contribution in [3.63, 3.8) is 0 Å². The van der Waals surface area contributed by atoms with E-state index in [-0.39, 0.29) is 0 Å². The standard InChI is InChI=1S/C6H10N2.3C5H8N2.2C4H7N3.C4H6N2.2C3H5N3/c1-5-6(2)8(3)4-7-5;1-5-3-7(2)4-6-5;1-5-3-6-4-7(5)2;1-5-6-3-4-7(5)2;1-4-6-5-3-7(4)2;1-4-5-3-7(2)6-4;1-6-3-2-5-4-6;1-6-2-4-5-3-6;1-6-3-4-2-5-6/h4H,1-3H3;3*3-4H,1-2H3;2*3H,1-2H3;2-4H,1H3;2*2-3H,1H3. The lowest BCUT2D eigenvalue weighted by Gasteiger charge is -1.90. The molecule has 9 heterocycles. The number of hydrogen-bond donors (Lipinski definition) is 0. The van der Waals surface area contributed by atoms with Crippen LogP contribution in [-0.2, 0) is 63.4 Å². The molecular weight excluding hydrogens is 777 g/mol. The minimum atomic E-state index is 0.822. The van der Waals surface area contributed by atoms with Crippen LogP contribution in [0.5, 0.6) is 0 Å². The Labute approximate surface area is 358 Å². The maximum Gasteiger partial charge on any atom is 0.147 e. The van der Waals surface area contributed by atoms with Crippen LogP contribution in [0.25, 0.3) is 0 Å². The molecule has 61 heavy (non-hydrogen) atoms. The van der Waals surface area contributed by atoms with E-state index >= 15 is 0 Å². The molecule has 0 amide bonds. The third-order valence-corrected chi connectivity index (χ3v) is 7.79. The molecule has 0 aliphatic heterocycles. The molecule has 0 aromatic carbocycles. The lowest BCUT2D eigenvalue weighted by molar-refractivity contribution is 0.756. The summed E-state index contributed by atoms with van der Waals surface area (Å²) in [7, 11) is 17.3. The molecule has 22 heteroatoms. The summed E-state index contributed by atoms with van der Waals surface area (Å²) in [5.41, 5.74) is 4.63. The van der Waals surface area contributed by atoms with E-state index in [9.17, 15) is 0 Å². The first-order chi connectivity index (χ1) is 28.9. The summed E-state index contributed by atoms with van der Waals surface area (Å²) in [6, 6.07) is 0. The zero-order valence-corrected chi connectivity index (χ0v) is 38.6. The fraction of sp³-hybridized carbons (Fsp3) is 0.410. The number of hydrogen-bond acceptors (Lipinski definition) is 13. The van der Waals surface area contributed by atoms with E-state index in [0.29, 0.717) is 0 Å². The smallest absolute Gasteiger partial charge is 0.147 e. The largest absolute Gasteiger partial charge is 0.341 e. The molecule has 0 aliphatic carbocycles. The first-order valence-electron chi connectivity index (χ1n) is 18.8. The number of rotatable bonds is 0. The summed E-state index contributed by atoms with van der Waals surface area (Å²) in [4.78, 5) is 27.2. The highest BCUT2D eigenvalue weighted by Crippen LogP contribution is 1.99. The van der Waals surface area contributed by atoms with E-state index in [0.717, 1.165) is 28.9 Å². The molecular formula is C39H64N22. The van der Waals surface area contributed by atoms with Crippen LogP contribution in [0.4, 0.5) is 0 Å². The Morgan fingerprint density at radius 1 is 0.459 bits per heavy atom. The van der Waals surface area contributed by atoms with Gasteiger partial charge in [-0.1, -0.05) is 0 Å². The molecule has 0 aliphatic rings.